The monoisotopic (exact) mass is 352 g/mol. The van der Waals surface area contributed by atoms with Crippen LogP contribution in [0, 0.1) is 0 Å². The van der Waals surface area contributed by atoms with Crippen LogP contribution in [-0.4, -0.2) is 50.8 Å². The predicted octanol–water partition coefficient (Wildman–Crippen LogP) is 1.32. The van der Waals surface area contributed by atoms with Crippen molar-refractivity contribution < 1.29 is 22.7 Å². The molecule has 0 saturated carbocycles. The zero-order valence-electron chi connectivity index (χ0n) is 13.8. The minimum absolute atomic E-state index is 0.138. The van der Waals surface area contributed by atoms with Gasteiger partial charge in [0.25, 0.3) is 0 Å². The number of benzene rings is 1. The Labute approximate surface area is 141 Å². The van der Waals surface area contributed by atoms with Gasteiger partial charge in [-0.3, -0.25) is 0 Å². The van der Waals surface area contributed by atoms with Crippen LogP contribution in [0.2, 0.25) is 0 Å². The molecule has 24 heavy (non-hydrogen) atoms. The van der Waals surface area contributed by atoms with Gasteiger partial charge in [0.2, 0.25) is 0 Å². The molecule has 0 radical (unpaired) electrons. The van der Waals surface area contributed by atoms with Crippen LogP contribution < -0.4 is 5.32 Å². The summed E-state index contributed by atoms with van der Waals surface area (Å²) in [4.78, 5) is 25.6. The van der Waals surface area contributed by atoms with E-state index in [0.29, 0.717) is 5.70 Å². The van der Waals surface area contributed by atoms with E-state index in [1.165, 1.54) is 24.1 Å². The van der Waals surface area contributed by atoms with E-state index in [0.717, 1.165) is 0 Å². The van der Waals surface area contributed by atoms with Crippen molar-refractivity contribution in [2.24, 2.45) is 0 Å². The van der Waals surface area contributed by atoms with Gasteiger partial charge in [0, 0.05) is 12.7 Å². The van der Waals surface area contributed by atoms with E-state index >= 15 is 0 Å². The molecular weight excluding hydrogens is 332 g/mol. The lowest BCUT2D eigenvalue weighted by Gasteiger charge is -2.32. The third-order valence-electron chi connectivity index (χ3n) is 3.83. The number of esters is 1. The maximum absolute atomic E-state index is 12.6. The fourth-order valence-corrected chi connectivity index (χ4v) is 3.92. The van der Waals surface area contributed by atoms with Crippen molar-refractivity contribution in [1.29, 1.82) is 0 Å². The highest BCUT2D eigenvalue weighted by molar-refractivity contribution is 7.91. The third kappa shape index (κ3) is 3.59. The molecule has 0 aromatic heterocycles. The SMILES string of the molecule is CCOC(=O)C1=C(C)N(C)C(=O)NC1CS(=O)(=O)c1ccccc1. The van der Waals surface area contributed by atoms with Gasteiger partial charge in [-0.1, -0.05) is 18.2 Å². The second kappa shape index (κ2) is 7.04. The van der Waals surface area contributed by atoms with Gasteiger partial charge in [0.15, 0.2) is 9.84 Å². The number of hydrogen-bond acceptors (Lipinski definition) is 5. The Morgan fingerprint density at radius 1 is 1.29 bits per heavy atom. The first-order valence-electron chi connectivity index (χ1n) is 7.47. The number of rotatable bonds is 5. The topological polar surface area (TPSA) is 92.8 Å². The van der Waals surface area contributed by atoms with Crippen molar-refractivity contribution in [3.63, 3.8) is 0 Å². The molecule has 2 rings (SSSR count). The number of hydrogen-bond donors (Lipinski definition) is 1. The van der Waals surface area contributed by atoms with E-state index in [1.807, 2.05) is 0 Å². The molecule has 1 aromatic carbocycles. The van der Waals surface area contributed by atoms with E-state index in [-0.39, 0.29) is 17.1 Å². The molecule has 1 aliphatic heterocycles. The van der Waals surface area contributed by atoms with Crippen LogP contribution in [0.4, 0.5) is 4.79 Å². The third-order valence-corrected chi connectivity index (χ3v) is 5.59. The first-order chi connectivity index (χ1) is 11.3. The van der Waals surface area contributed by atoms with Crippen molar-refractivity contribution >= 4 is 21.8 Å². The van der Waals surface area contributed by atoms with Crippen molar-refractivity contribution in [3.05, 3.63) is 41.6 Å². The number of carbonyl (C=O) groups is 2. The number of carbonyl (C=O) groups excluding carboxylic acids is 2. The lowest BCUT2D eigenvalue weighted by molar-refractivity contribution is -0.139. The highest BCUT2D eigenvalue weighted by atomic mass is 32.2. The van der Waals surface area contributed by atoms with Gasteiger partial charge in [-0.05, 0) is 26.0 Å². The molecule has 1 N–H and O–H groups in total. The molecule has 1 aliphatic rings. The van der Waals surface area contributed by atoms with Gasteiger partial charge < -0.3 is 15.0 Å². The van der Waals surface area contributed by atoms with E-state index in [9.17, 15) is 18.0 Å². The molecule has 8 heteroatoms. The van der Waals surface area contributed by atoms with Crippen LogP contribution in [0.5, 0.6) is 0 Å². The summed E-state index contributed by atoms with van der Waals surface area (Å²) in [5, 5.41) is 2.56. The Bertz CT molecular complexity index is 771. The fraction of sp³-hybridized carbons (Fsp3) is 0.375. The van der Waals surface area contributed by atoms with Crippen LogP contribution in [0.15, 0.2) is 46.5 Å². The maximum Gasteiger partial charge on any atom is 0.337 e. The number of amides is 2. The molecule has 1 atom stereocenters. The van der Waals surface area contributed by atoms with Gasteiger partial charge >= 0.3 is 12.0 Å². The molecule has 130 valence electrons. The summed E-state index contributed by atoms with van der Waals surface area (Å²) in [6.07, 6.45) is 0. The molecule has 1 heterocycles. The summed E-state index contributed by atoms with van der Waals surface area (Å²) in [7, 11) is -2.18. The highest BCUT2D eigenvalue weighted by Gasteiger charge is 2.36. The fourth-order valence-electron chi connectivity index (χ4n) is 2.47. The van der Waals surface area contributed by atoms with E-state index < -0.39 is 33.6 Å². The minimum atomic E-state index is -3.68. The quantitative estimate of drug-likeness (QED) is 0.807. The number of allylic oxidation sites excluding steroid dienone is 1. The molecule has 0 fully saturated rings. The standard InChI is InChI=1S/C16H20N2O5S/c1-4-23-15(19)14-11(2)18(3)16(20)17-13(14)10-24(21,22)12-8-6-5-7-9-12/h5-9,13H,4,10H2,1-3H3,(H,17,20). The number of sulfone groups is 1. The molecule has 0 aliphatic carbocycles. The Morgan fingerprint density at radius 3 is 2.50 bits per heavy atom. The van der Waals surface area contributed by atoms with Gasteiger partial charge in [0.1, 0.15) is 0 Å². The average molecular weight is 352 g/mol. The Balaban J connectivity index is 2.39. The Morgan fingerprint density at radius 2 is 1.92 bits per heavy atom. The first kappa shape index (κ1) is 18.0. The van der Waals surface area contributed by atoms with E-state index in [2.05, 4.69) is 5.32 Å². The second-order valence-corrected chi connectivity index (χ2v) is 7.41. The minimum Gasteiger partial charge on any atom is -0.463 e. The summed E-state index contributed by atoms with van der Waals surface area (Å²) >= 11 is 0. The van der Waals surface area contributed by atoms with Crippen LogP contribution in [0.1, 0.15) is 13.8 Å². The lowest BCUT2D eigenvalue weighted by atomic mass is 10.0. The molecule has 1 unspecified atom stereocenters. The van der Waals surface area contributed by atoms with E-state index in [1.54, 1.807) is 32.0 Å². The zero-order chi connectivity index (χ0) is 17.9. The van der Waals surface area contributed by atoms with Crippen LogP contribution in [0.25, 0.3) is 0 Å². The lowest BCUT2D eigenvalue weighted by Crippen LogP contribution is -2.53. The molecule has 0 bridgehead atoms. The van der Waals surface area contributed by atoms with Crippen LogP contribution >= 0.6 is 0 Å². The number of nitrogens with zero attached hydrogens (tertiary/aromatic N) is 1. The van der Waals surface area contributed by atoms with Crippen molar-refractivity contribution in [2.75, 3.05) is 19.4 Å². The molecule has 1 aromatic rings. The molecule has 2 amide bonds. The first-order valence-corrected chi connectivity index (χ1v) is 9.13. The number of ether oxygens (including phenoxy) is 1. The Hall–Kier alpha value is -2.35. The maximum atomic E-state index is 12.6. The Kier molecular flexibility index (Phi) is 5.28. The van der Waals surface area contributed by atoms with Crippen molar-refractivity contribution in [3.8, 4) is 0 Å². The smallest absolute Gasteiger partial charge is 0.337 e. The van der Waals surface area contributed by atoms with Gasteiger partial charge in [0.05, 0.1) is 28.9 Å². The number of urea groups is 1. The normalized spacial score (nSPS) is 18.4. The van der Waals surface area contributed by atoms with Crippen LogP contribution in [0.3, 0.4) is 0 Å². The van der Waals surface area contributed by atoms with Gasteiger partial charge in [-0.2, -0.15) is 0 Å². The van der Waals surface area contributed by atoms with Gasteiger partial charge in [-0.25, -0.2) is 18.0 Å². The second-order valence-electron chi connectivity index (χ2n) is 5.38. The summed E-state index contributed by atoms with van der Waals surface area (Å²) in [5.41, 5.74) is 0.531. The predicted molar refractivity (Wildman–Crippen MR) is 87.9 cm³/mol. The van der Waals surface area contributed by atoms with Gasteiger partial charge in [-0.15, -0.1) is 0 Å². The van der Waals surface area contributed by atoms with Crippen molar-refractivity contribution in [2.45, 2.75) is 24.8 Å². The molecule has 0 spiro atoms. The summed E-state index contributed by atoms with van der Waals surface area (Å²) < 4.78 is 30.2. The average Bonchev–Trinajstić information content (AvgIpc) is 2.53. The van der Waals surface area contributed by atoms with Crippen LogP contribution in [-0.2, 0) is 19.4 Å². The summed E-state index contributed by atoms with van der Waals surface area (Å²) in [5.74, 6) is -1.04. The number of nitrogens with one attached hydrogen (secondary N) is 1. The van der Waals surface area contributed by atoms with Crippen molar-refractivity contribution in [1.82, 2.24) is 10.2 Å². The zero-order valence-corrected chi connectivity index (χ0v) is 14.6. The summed E-state index contributed by atoms with van der Waals surface area (Å²) in [6, 6.07) is 6.48. The van der Waals surface area contributed by atoms with E-state index in [4.69, 9.17) is 4.74 Å². The molecular formula is C16H20N2O5S. The molecule has 0 saturated heterocycles. The highest BCUT2D eigenvalue weighted by Crippen LogP contribution is 2.23. The molecule has 7 nitrogen and oxygen atoms in total. The summed E-state index contributed by atoms with van der Waals surface area (Å²) in [6.45, 7) is 3.41. The largest absolute Gasteiger partial charge is 0.463 e.